The molecular weight excluding hydrogens is 479 g/mol. The summed E-state index contributed by atoms with van der Waals surface area (Å²) in [4.78, 5) is 12.5. The highest BCUT2D eigenvalue weighted by atomic mass is 35.5. The second-order valence-electron chi connectivity index (χ2n) is 8.83. The van der Waals surface area contributed by atoms with E-state index in [0.717, 1.165) is 18.6 Å². The van der Waals surface area contributed by atoms with Gasteiger partial charge in [-0.25, -0.2) is 17.1 Å². The van der Waals surface area contributed by atoms with Crippen LogP contribution < -0.4 is 10.1 Å². The molecule has 0 radical (unpaired) electrons. The molecule has 1 fully saturated rings. The van der Waals surface area contributed by atoms with Gasteiger partial charge in [-0.05, 0) is 69.4 Å². The summed E-state index contributed by atoms with van der Waals surface area (Å²) in [6, 6.07) is 12.1. The van der Waals surface area contributed by atoms with Crippen LogP contribution in [-0.2, 0) is 27.0 Å². The third kappa shape index (κ3) is 7.42. The first-order valence-corrected chi connectivity index (χ1v) is 13.6. The summed E-state index contributed by atoms with van der Waals surface area (Å²) in [5, 5.41) is 3.06. The molecule has 1 N–H and O–H groups in total. The lowest BCUT2D eigenvalue weighted by Gasteiger charge is -2.30. The van der Waals surface area contributed by atoms with Gasteiger partial charge in [-0.3, -0.25) is 4.79 Å². The lowest BCUT2D eigenvalue weighted by molar-refractivity contribution is -0.126. The van der Waals surface area contributed by atoms with Crippen LogP contribution in [0.2, 0.25) is 5.02 Å². The minimum absolute atomic E-state index is 0.0221. The number of aryl methyl sites for hydroxylation is 1. The first-order chi connectivity index (χ1) is 16.2. The van der Waals surface area contributed by atoms with Crippen LogP contribution in [0.5, 0.6) is 5.75 Å². The largest absolute Gasteiger partial charge is 0.491 e. The van der Waals surface area contributed by atoms with Crippen molar-refractivity contribution in [3.05, 3.63) is 64.4 Å². The number of amides is 1. The van der Waals surface area contributed by atoms with Crippen molar-refractivity contribution in [2.45, 2.75) is 51.4 Å². The number of carbonyl (C=O) groups is 1. The van der Waals surface area contributed by atoms with Gasteiger partial charge in [-0.15, -0.1) is 0 Å². The van der Waals surface area contributed by atoms with Crippen molar-refractivity contribution < 1.29 is 22.3 Å². The molecule has 1 aliphatic rings. The molecule has 0 spiro atoms. The molecule has 2 aromatic carbocycles. The normalized spacial score (nSPS) is 15.4. The van der Waals surface area contributed by atoms with Crippen LogP contribution >= 0.6 is 11.6 Å². The number of benzene rings is 2. The summed E-state index contributed by atoms with van der Waals surface area (Å²) in [5.74, 6) is -0.548. The van der Waals surface area contributed by atoms with Gasteiger partial charge in [-0.2, -0.15) is 0 Å². The van der Waals surface area contributed by atoms with Crippen LogP contribution in [0.25, 0.3) is 0 Å². The van der Waals surface area contributed by atoms with Crippen molar-refractivity contribution in [2.24, 2.45) is 5.92 Å². The van der Waals surface area contributed by atoms with Crippen molar-refractivity contribution in [2.75, 3.05) is 19.6 Å². The minimum Gasteiger partial charge on any atom is -0.491 e. The van der Waals surface area contributed by atoms with Crippen molar-refractivity contribution in [1.82, 2.24) is 9.62 Å². The van der Waals surface area contributed by atoms with Gasteiger partial charge in [0, 0.05) is 36.1 Å². The molecule has 3 rings (SSSR count). The van der Waals surface area contributed by atoms with Gasteiger partial charge in [0.2, 0.25) is 15.9 Å². The molecule has 1 heterocycles. The fourth-order valence-electron chi connectivity index (χ4n) is 4.00. The molecule has 0 saturated carbocycles. The van der Waals surface area contributed by atoms with Crippen molar-refractivity contribution >= 4 is 27.5 Å². The van der Waals surface area contributed by atoms with E-state index in [4.69, 9.17) is 16.3 Å². The molecule has 0 unspecified atom stereocenters. The van der Waals surface area contributed by atoms with Crippen LogP contribution in [0.1, 0.15) is 44.2 Å². The predicted octanol–water partition coefficient (Wildman–Crippen LogP) is 4.56. The molecule has 1 amide bonds. The molecule has 0 aromatic heterocycles. The lowest BCUT2D eigenvalue weighted by atomic mass is 9.97. The second kappa shape index (κ2) is 12.0. The predicted molar refractivity (Wildman–Crippen MR) is 132 cm³/mol. The Morgan fingerprint density at radius 1 is 1.18 bits per heavy atom. The number of nitrogens with one attached hydrogen (secondary N) is 1. The topological polar surface area (TPSA) is 75.7 Å². The van der Waals surface area contributed by atoms with Crippen LogP contribution in [0.3, 0.4) is 0 Å². The van der Waals surface area contributed by atoms with Crippen molar-refractivity contribution in [1.29, 1.82) is 0 Å². The van der Waals surface area contributed by atoms with Crippen molar-refractivity contribution in [3.8, 4) is 5.75 Å². The van der Waals surface area contributed by atoms with Gasteiger partial charge in [0.15, 0.2) is 0 Å². The number of sulfonamides is 1. The number of carbonyl (C=O) groups excluding carboxylic acids is 1. The van der Waals surface area contributed by atoms with Gasteiger partial charge in [-0.1, -0.05) is 29.8 Å². The highest BCUT2D eigenvalue weighted by Gasteiger charge is 2.32. The molecule has 186 valence electrons. The summed E-state index contributed by atoms with van der Waals surface area (Å²) in [6.07, 6.45) is 2.67. The highest BCUT2D eigenvalue weighted by molar-refractivity contribution is 7.88. The van der Waals surface area contributed by atoms with E-state index in [-0.39, 0.29) is 41.6 Å². The Morgan fingerprint density at radius 2 is 1.85 bits per heavy atom. The Balaban J connectivity index is 1.40. The zero-order valence-electron chi connectivity index (χ0n) is 19.6. The molecule has 1 saturated heterocycles. The van der Waals surface area contributed by atoms with Gasteiger partial charge in [0.05, 0.1) is 11.9 Å². The van der Waals surface area contributed by atoms with E-state index < -0.39 is 21.6 Å². The van der Waals surface area contributed by atoms with Crippen molar-refractivity contribution in [3.63, 3.8) is 0 Å². The summed E-state index contributed by atoms with van der Waals surface area (Å²) in [5.41, 5.74) is 1.16. The third-order valence-electron chi connectivity index (χ3n) is 5.84. The smallest absolute Gasteiger partial charge is 0.223 e. The molecule has 6 nitrogen and oxygen atoms in total. The molecular formula is C25H32ClFN2O4S. The number of ether oxygens (including phenoxy) is 1. The van der Waals surface area contributed by atoms with E-state index in [1.165, 1.54) is 28.1 Å². The van der Waals surface area contributed by atoms with Gasteiger partial charge < -0.3 is 10.1 Å². The summed E-state index contributed by atoms with van der Waals surface area (Å²) in [7, 11) is -3.72. The SMILES string of the molecule is CC(C)Oc1ccc(CCCNC(=O)C2CCN(S(=O)(=O)Cc3c(F)cccc3Cl)CC2)cc1. The number of nitrogens with zero attached hydrogens (tertiary/aromatic N) is 1. The standard InChI is InChI=1S/C25H32ClFN2O4S/c1-18(2)33-21-10-8-19(9-11-21)5-4-14-28-25(30)20-12-15-29(16-13-20)34(31,32)17-22-23(26)6-3-7-24(22)27/h3,6-11,18,20H,4-5,12-17H2,1-2H3,(H,28,30). The second-order valence-corrected chi connectivity index (χ2v) is 11.2. The quantitative estimate of drug-likeness (QED) is 0.475. The Labute approximate surface area is 206 Å². The Kier molecular flexibility index (Phi) is 9.33. The maximum atomic E-state index is 14.0. The number of hydrogen-bond donors (Lipinski definition) is 1. The van der Waals surface area contributed by atoms with E-state index in [1.807, 2.05) is 38.1 Å². The first kappa shape index (κ1) is 26.4. The fraction of sp³-hybridized carbons (Fsp3) is 0.480. The molecule has 1 aliphatic heterocycles. The van der Waals surface area contributed by atoms with Crippen LogP contribution in [0.15, 0.2) is 42.5 Å². The molecule has 0 aliphatic carbocycles. The first-order valence-electron chi connectivity index (χ1n) is 11.6. The number of hydrogen-bond acceptors (Lipinski definition) is 4. The van der Waals surface area contributed by atoms with E-state index in [2.05, 4.69) is 5.32 Å². The Bertz CT molecular complexity index is 1050. The number of rotatable bonds is 10. The highest BCUT2D eigenvalue weighted by Crippen LogP contribution is 2.26. The molecule has 9 heteroatoms. The summed E-state index contributed by atoms with van der Waals surface area (Å²) >= 11 is 5.98. The maximum absolute atomic E-state index is 14.0. The fourth-order valence-corrected chi connectivity index (χ4v) is 5.91. The average molecular weight is 511 g/mol. The monoisotopic (exact) mass is 510 g/mol. The molecule has 34 heavy (non-hydrogen) atoms. The zero-order valence-corrected chi connectivity index (χ0v) is 21.2. The van der Waals surface area contributed by atoms with Gasteiger partial charge in [0.1, 0.15) is 11.6 Å². The summed E-state index contributed by atoms with van der Waals surface area (Å²) < 4.78 is 46.5. The number of halogens is 2. The lowest BCUT2D eigenvalue weighted by Crippen LogP contribution is -2.43. The van der Waals surface area contributed by atoms with E-state index in [9.17, 15) is 17.6 Å². The Hall–Kier alpha value is -2.16. The zero-order chi connectivity index (χ0) is 24.7. The third-order valence-corrected chi connectivity index (χ3v) is 8.00. The van der Waals surface area contributed by atoms with E-state index in [0.29, 0.717) is 19.4 Å². The van der Waals surface area contributed by atoms with Gasteiger partial charge >= 0.3 is 0 Å². The van der Waals surface area contributed by atoms with Crippen LogP contribution in [-0.4, -0.2) is 44.4 Å². The maximum Gasteiger partial charge on any atom is 0.223 e. The Morgan fingerprint density at radius 3 is 2.47 bits per heavy atom. The minimum atomic E-state index is -3.72. The van der Waals surface area contributed by atoms with E-state index in [1.54, 1.807) is 0 Å². The van der Waals surface area contributed by atoms with E-state index >= 15 is 0 Å². The molecule has 0 bridgehead atoms. The number of piperidine rings is 1. The molecule has 0 atom stereocenters. The van der Waals surface area contributed by atoms with Gasteiger partial charge in [0.25, 0.3) is 0 Å². The average Bonchev–Trinajstić information content (AvgIpc) is 2.80. The molecule has 2 aromatic rings. The summed E-state index contributed by atoms with van der Waals surface area (Å²) in [6.45, 7) is 5.00. The van der Waals surface area contributed by atoms with Crippen LogP contribution in [0, 0.1) is 11.7 Å². The van der Waals surface area contributed by atoms with Crippen LogP contribution in [0.4, 0.5) is 4.39 Å².